The second kappa shape index (κ2) is 7.42. The lowest BCUT2D eigenvalue weighted by molar-refractivity contribution is -0.380. The van der Waals surface area contributed by atoms with Crippen molar-refractivity contribution in [3.05, 3.63) is 62.5 Å². The van der Waals surface area contributed by atoms with Crippen molar-refractivity contribution in [1.29, 1.82) is 5.26 Å². The van der Waals surface area contributed by atoms with Crippen molar-refractivity contribution in [3.8, 4) is 6.07 Å². The van der Waals surface area contributed by atoms with Crippen LogP contribution < -0.4 is 0 Å². The first-order valence-corrected chi connectivity index (χ1v) is 8.68. The Kier molecular flexibility index (Phi) is 5.07. The van der Waals surface area contributed by atoms with E-state index in [0.717, 1.165) is 36.5 Å². The summed E-state index contributed by atoms with van der Waals surface area (Å²) in [5, 5.41) is 21.1. The van der Waals surface area contributed by atoms with Gasteiger partial charge in [-0.3, -0.25) is 19.8 Å². The summed E-state index contributed by atoms with van der Waals surface area (Å²) in [6.07, 6.45) is 0. The largest absolute Gasteiger partial charge is 0.336 e. The SMILES string of the molecule is N#Cc1ccc(CN2CCN(C(=O)c3csc([N+](=O)[O-])c3)CC2)cc1. The predicted octanol–water partition coefficient (Wildman–Crippen LogP) is 2.49. The predicted molar refractivity (Wildman–Crippen MR) is 93.3 cm³/mol. The number of hydrogen-bond acceptors (Lipinski definition) is 6. The number of nitrogens with zero attached hydrogens (tertiary/aromatic N) is 4. The highest BCUT2D eigenvalue weighted by Crippen LogP contribution is 2.24. The average Bonchev–Trinajstić information content (AvgIpc) is 3.13. The summed E-state index contributed by atoms with van der Waals surface area (Å²) in [5.41, 5.74) is 2.16. The van der Waals surface area contributed by atoms with E-state index < -0.39 is 4.92 Å². The normalized spacial score (nSPS) is 14.9. The summed E-state index contributed by atoms with van der Waals surface area (Å²) in [6, 6.07) is 10.9. The van der Waals surface area contributed by atoms with Gasteiger partial charge in [-0.1, -0.05) is 23.5 Å². The lowest BCUT2D eigenvalue weighted by Crippen LogP contribution is -2.48. The molecule has 1 aliphatic heterocycles. The summed E-state index contributed by atoms with van der Waals surface area (Å²) in [7, 11) is 0. The van der Waals surface area contributed by atoms with Crippen molar-refractivity contribution in [3.63, 3.8) is 0 Å². The number of piperazine rings is 1. The fraction of sp³-hybridized carbons (Fsp3) is 0.294. The molecule has 0 N–H and O–H groups in total. The van der Waals surface area contributed by atoms with E-state index >= 15 is 0 Å². The number of benzene rings is 1. The van der Waals surface area contributed by atoms with Crippen molar-refractivity contribution in [2.75, 3.05) is 26.2 Å². The number of carbonyl (C=O) groups excluding carboxylic acids is 1. The summed E-state index contributed by atoms with van der Waals surface area (Å²) in [5.74, 6) is -0.151. The van der Waals surface area contributed by atoms with Crippen LogP contribution in [0.2, 0.25) is 0 Å². The highest BCUT2D eigenvalue weighted by atomic mass is 32.1. The van der Waals surface area contributed by atoms with E-state index in [9.17, 15) is 14.9 Å². The molecule has 1 fully saturated rings. The van der Waals surface area contributed by atoms with Crippen LogP contribution in [0.3, 0.4) is 0 Å². The number of hydrogen-bond donors (Lipinski definition) is 0. The fourth-order valence-electron chi connectivity index (χ4n) is 2.77. The molecule has 0 saturated carbocycles. The van der Waals surface area contributed by atoms with Gasteiger partial charge in [-0.2, -0.15) is 5.26 Å². The third kappa shape index (κ3) is 4.02. The molecule has 7 nitrogen and oxygen atoms in total. The van der Waals surface area contributed by atoms with Crippen molar-refractivity contribution >= 4 is 22.2 Å². The molecule has 2 heterocycles. The fourth-order valence-corrected chi connectivity index (χ4v) is 3.46. The van der Waals surface area contributed by atoms with Gasteiger partial charge in [0.05, 0.1) is 22.1 Å². The highest BCUT2D eigenvalue weighted by Gasteiger charge is 2.24. The smallest absolute Gasteiger partial charge is 0.324 e. The van der Waals surface area contributed by atoms with Crippen LogP contribution in [-0.4, -0.2) is 46.8 Å². The lowest BCUT2D eigenvalue weighted by Gasteiger charge is -2.34. The molecule has 1 saturated heterocycles. The van der Waals surface area contributed by atoms with Gasteiger partial charge in [0.1, 0.15) is 0 Å². The highest BCUT2D eigenvalue weighted by molar-refractivity contribution is 7.13. The van der Waals surface area contributed by atoms with Gasteiger partial charge < -0.3 is 4.90 Å². The Morgan fingerprint density at radius 3 is 2.48 bits per heavy atom. The molecule has 0 atom stereocenters. The van der Waals surface area contributed by atoms with Gasteiger partial charge in [0.25, 0.3) is 5.91 Å². The van der Waals surface area contributed by atoms with E-state index in [-0.39, 0.29) is 10.9 Å². The molecule has 1 aliphatic rings. The van der Waals surface area contributed by atoms with Gasteiger partial charge in [-0.15, -0.1) is 0 Å². The van der Waals surface area contributed by atoms with E-state index in [1.807, 2.05) is 12.1 Å². The number of nitro groups is 1. The maximum Gasteiger partial charge on any atom is 0.324 e. The molecular formula is C17H16N4O3S. The lowest BCUT2D eigenvalue weighted by atomic mass is 10.1. The van der Waals surface area contributed by atoms with Crippen LogP contribution >= 0.6 is 11.3 Å². The molecule has 8 heteroatoms. The molecule has 2 aromatic rings. The maximum absolute atomic E-state index is 12.4. The van der Waals surface area contributed by atoms with Crippen molar-refractivity contribution in [2.24, 2.45) is 0 Å². The maximum atomic E-state index is 12.4. The number of carbonyl (C=O) groups is 1. The first kappa shape index (κ1) is 17.1. The Balaban J connectivity index is 1.54. The molecule has 1 aromatic carbocycles. The van der Waals surface area contributed by atoms with E-state index in [1.54, 1.807) is 22.4 Å². The second-order valence-electron chi connectivity index (χ2n) is 5.81. The monoisotopic (exact) mass is 356 g/mol. The molecule has 3 rings (SSSR count). The number of rotatable bonds is 4. The zero-order valence-corrected chi connectivity index (χ0v) is 14.2. The van der Waals surface area contributed by atoms with E-state index in [1.165, 1.54) is 6.07 Å². The van der Waals surface area contributed by atoms with Crippen LogP contribution in [0.5, 0.6) is 0 Å². The number of nitriles is 1. The average molecular weight is 356 g/mol. The zero-order chi connectivity index (χ0) is 17.8. The third-order valence-electron chi connectivity index (χ3n) is 4.16. The second-order valence-corrected chi connectivity index (χ2v) is 6.70. The summed E-state index contributed by atoms with van der Waals surface area (Å²) in [4.78, 5) is 26.7. The van der Waals surface area contributed by atoms with Crippen molar-refractivity contribution in [2.45, 2.75) is 6.54 Å². The molecule has 1 amide bonds. The standard InChI is InChI=1S/C17H16N4O3S/c18-10-13-1-3-14(4-2-13)11-19-5-7-20(8-6-19)17(22)15-9-16(21(23)24)25-12-15/h1-4,9,12H,5-8,11H2. The Labute approximate surface area is 148 Å². The molecule has 0 bridgehead atoms. The van der Waals surface area contributed by atoms with Crippen LogP contribution in [0.4, 0.5) is 5.00 Å². The third-order valence-corrected chi connectivity index (χ3v) is 5.04. The molecular weight excluding hydrogens is 340 g/mol. The summed E-state index contributed by atoms with van der Waals surface area (Å²) in [6.45, 7) is 3.46. The van der Waals surface area contributed by atoms with Crippen molar-refractivity contribution in [1.82, 2.24) is 9.80 Å². The van der Waals surface area contributed by atoms with Crippen molar-refractivity contribution < 1.29 is 9.72 Å². The Morgan fingerprint density at radius 2 is 1.92 bits per heavy atom. The first-order chi connectivity index (χ1) is 12.1. The molecule has 25 heavy (non-hydrogen) atoms. The van der Waals surface area contributed by atoms with E-state index in [0.29, 0.717) is 24.2 Å². The molecule has 128 valence electrons. The van der Waals surface area contributed by atoms with Gasteiger partial charge in [0.2, 0.25) is 0 Å². The molecule has 0 spiro atoms. The minimum absolute atomic E-state index is 0.0113. The Bertz CT molecular complexity index is 817. The van der Waals surface area contributed by atoms with Gasteiger partial charge >= 0.3 is 5.00 Å². The molecule has 0 unspecified atom stereocenters. The molecule has 0 aliphatic carbocycles. The Morgan fingerprint density at radius 1 is 1.24 bits per heavy atom. The van der Waals surface area contributed by atoms with Gasteiger partial charge in [-0.05, 0) is 17.7 Å². The molecule has 1 aromatic heterocycles. The minimum Gasteiger partial charge on any atom is -0.336 e. The van der Waals surface area contributed by atoms with Crippen LogP contribution in [0.1, 0.15) is 21.5 Å². The van der Waals surface area contributed by atoms with Crippen LogP contribution in [0.25, 0.3) is 0 Å². The van der Waals surface area contributed by atoms with Crippen LogP contribution in [-0.2, 0) is 6.54 Å². The Hall–Kier alpha value is -2.76. The first-order valence-electron chi connectivity index (χ1n) is 7.80. The summed E-state index contributed by atoms with van der Waals surface area (Å²) < 4.78 is 0. The number of amides is 1. The quantitative estimate of drug-likeness (QED) is 0.620. The van der Waals surface area contributed by atoms with Gasteiger partial charge in [0.15, 0.2) is 0 Å². The van der Waals surface area contributed by atoms with Gasteiger partial charge in [-0.25, -0.2) is 0 Å². The topological polar surface area (TPSA) is 90.5 Å². The number of thiophene rings is 1. The zero-order valence-electron chi connectivity index (χ0n) is 13.4. The molecule has 0 radical (unpaired) electrons. The summed E-state index contributed by atoms with van der Waals surface area (Å²) >= 11 is 0.975. The van der Waals surface area contributed by atoms with E-state index in [4.69, 9.17) is 5.26 Å². The van der Waals surface area contributed by atoms with E-state index in [2.05, 4.69) is 11.0 Å². The van der Waals surface area contributed by atoms with Crippen LogP contribution in [0.15, 0.2) is 35.7 Å². The minimum atomic E-state index is -0.475. The van der Waals surface area contributed by atoms with Gasteiger partial charge in [0, 0.05) is 44.2 Å². The van der Waals surface area contributed by atoms with Crippen LogP contribution in [0, 0.1) is 21.4 Å².